The third-order valence-corrected chi connectivity index (χ3v) is 2.23. The number of rotatable bonds is 2. The second-order valence-corrected chi connectivity index (χ2v) is 3.81. The van der Waals surface area contributed by atoms with E-state index in [0.29, 0.717) is 0 Å². The van der Waals surface area contributed by atoms with Crippen molar-refractivity contribution in [2.45, 2.75) is 26.9 Å². The van der Waals surface area contributed by atoms with E-state index in [0.717, 1.165) is 12.1 Å². The van der Waals surface area contributed by atoms with E-state index in [2.05, 4.69) is 0 Å². The zero-order valence-electron chi connectivity index (χ0n) is 8.51. The monoisotopic (exact) mass is 200 g/mol. The summed E-state index contributed by atoms with van der Waals surface area (Å²) in [7, 11) is 0. The van der Waals surface area contributed by atoms with E-state index in [1.54, 1.807) is 13.8 Å². The van der Waals surface area contributed by atoms with E-state index in [1.807, 2.05) is 0 Å². The number of hydrogen-bond acceptors (Lipinski definition) is 1. The van der Waals surface area contributed by atoms with Gasteiger partial charge < -0.3 is 5.11 Å². The van der Waals surface area contributed by atoms with Crippen molar-refractivity contribution in [2.24, 2.45) is 5.92 Å². The summed E-state index contributed by atoms with van der Waals surface area (Å²) in [5.41, 5.74) is 0.283. The maximum atomic E-state index is 13.3. The largest absolute Gasteiger partial charge is 0.388 e. The summed E-state index contributed by atoms with van der Waals surface area (Å²) in [5.74, 6) is -1.17. The maximum Gasteiger partial charge on any atom is 0.129 e. The molecule has 0 aliphatic rings. The van der Waals surface area contributed by atoms with Gasteiger partial charge in [-0.25, -0.2) is 8.78 Å². The topological polar surface area (TPSA) is 20.2 Å². The molecule has 1 nitrogen and oxygen atoms in total. The molecule has 0 saturated carbocycles. The Morgan fingerprint density at radius 1 is 1.14 bits per heavy atom. The van der Waals surface area contributed by atoms with Crippen molar-refractivity contribution in [1.29, 1.82) is 0 Å². The van der Waals surface area contributed by atoms with E-state index in [9.17, 15) is 13.9 Å². The molecule has 14 heavy (non-hydrogen) atoms. The van der Waals surface area contributed by atoms with Crippen molar-refractivity contribution in [1.82, 2.24) is 0 Å². The van der Waals surface area contributed by atoms with E-state index in [-0.39, 0.29) is 17.0 Å². The second kappa shape index (κ2) is 4.05. The lowest BCUT2D eigenvalue weighted by Crippen LogP contribution is -2.08. The van der Waals surface area contributed by atoms with Crippen LogP contribution >= 0.6 is 0 Å². The molecular formula is C11H14F2O. The highest BCUT2D eigenvalue weighted by atomic mass is 19.1. The number of hydrogen-bond donors (Lipinski definition) is 1. The van der Waals surface area contributed by atoms with Gasteiger partial charge in [0, 0.05) is 5.56 Å². The lowest BCUT2D eigenvalue weighted by molar-refractivity contribution is 0.122. The van der Waals surface area contributed by atoms with Gasteiger partial charge in [0.25, 0.3) is 0 Å². The van der Waals surface area contributed by atoms with Gasteiger partial charge in [0.1, 0.15) is 11.6 Å². The molecule has 0 bridgehead atoms. The summed E-state index contributed by atoms with van der Waals surface area (Å²) < 4.78 is 26.4. The molecule has 1 aromatic rings. The minimum atomic E-state index is -0.954. The third kappa shape index (κ3) is 2.10. The van der Waals surface area contributed by atoms with Gasteiger partial charge in [0.2, 0.25) is 0 Å². The molecule has 1 aromatic carbocycles. The van der Waals surface area contributed by atoms with Crippen molar-refractivity contribution in [3.8, 4) is 0 Å². The van der Waals surface area contributed by atoms with Gasteiger partial charge in [-0.05, 0) is 30.5 Å². The number of aryl methyl sites for hydroxylation is 1. The smallest absolute Gasteiger partial charge is 0.129 e. The lowest BCUT2D eigenvalue weighted by Gasteiger charge is -2.16. The van der Waals surface area contributed by atoms with Crippen LogP contribution in [0.15, 0.2) is 12.1 Å². The summed E-state index contributed by atoms with van der Waals surface area (Å²) in [6.07, 6.45) is -0.954. The average molecular weight is 200 g/mol. The fraction of sp³-hybridized carbons (Fsp3) is 0.455. The summed E-state index contributed by atoms with van der Waals surface area (Å²) in [6, 6.07) is 2.17. The molecule has 1 rings (SSSR count). The fourth-order valence-electron chi connectivity index (χ4n) is 1.25. The van der Waals surface area contributed by atoms with Crippen LogP contribution in [0.5, 0.6) is 0 Å². The molecule has 0 spiro atoms. The first kappa shape index (κ1) is 11.1. The minimum absolute atomic E-state index is 0.0306. The molecule has 1 atom stereocenters. The van der Waals surface area contributed by atoms with Gasteiger partial charge in [-0.1, -0.05) is 13.8 Å². The second-order valence-electron chi connectivity index (χ2n) is 3.81. The average Bonchev–Trinajstić information content (AvgIpc) is 2.10. The van der Waals surface area contributed by atoms with E-state index in [1.165, 1.54) is 6.92 Å². The number of halogens is 2. The third-order valence-electron chi connectivity index (χ3n) is 2.23. The highest BCUT2D eigenvalue weighted by Gasteiger charge is 2.18. The van der Waals surface area contributed by atoms with Crippen LogP contribution < -0.4 is 0 Å². The van der Waals surface area contributed by atoms with E-state index < -0.39 is 17.7 Å². The molecule has 1 N–H and O–H groups in total. The Labute approximate surface area is 82.4 Å². The predicted octanol–water partition coefficient (Wildman–Crippen LogP) is 2.96. The van der Waals surface area contributed by atoms with Crippen LogP contribution in [0.3, 0.4) is 0 Å². The number of aliphatic hydroxyl groups is 1. The van der Waals surface area contributed by atoms with Crippen LogP contribution in [0.25, 0.3) is 0 Å². The highest BCUT2D eigenvalue weighted by Crippen LogP contribution is 2.25. The van der Waals surface area contributed by atoms with Crippen molar-refractivity contribution in [3.63, 3.8) is 0 Å². The molecule has 3 heteroatoms. The van der Waals surface area contributed by atoms with Crippen molar-refractivity contribution >= 4 is 0 Å². The first-order valence-electron chi connectivity index (χ1n) is 4.57. The van der Waals surface area contributed by atoms with Gasteiger partial charge in [0.05, 0.1) is 6.10 Å². The Hall–Kier alpha value is -0.960. The molecule has 1 unspecified atom stereocenters. The van der Waals surface area contributed by atoms with E-state index >= 15 is 0 Å². The minimum Gasteiger partial charge on any atom is -0.388 e. The standard InChI is InChI=1S/C11H14F2O/c1-6(2)11(14)8-5-9(12)7(3)4-10(8)13/h4-6,11,14H,1-3H3. The summed E-state index contributed by atoms with van der Waals surface area (Å²) in [4.78, 5) is 0. The van der Waals surface area contributed by atoms with E-state index in [4.69, 9.17) is 0 Å². The van der Waals surface area contributed by atoms with Gasteiger partial charge in [0.15, 0.2) is 0 Å². The Morgan fingerprint density at radius 3 is 2.21 bits per heavy atom. The first-order valence-corrected chi connectivity index (χ1v) is 4.57. The highest BCUT2D eigenvalue weighted by molar-refractivity contribution is 5.27. The number of benzene rings is 1. The molecule has 0 amide bonds. The van der Waals surface area contributed by atoms with Crippen LogP contribution in [0.2, 0.25) is 0 Å². The van der Waals surface area contributed by atoms with Crippen LogP contribution in [-0.4, -0.2) is 5.11 Å². The summed E-state index contributed by atoms with van der Waals surface area (Å²) in [6.45, 7) is 4.99. The lowest BCUT2D eigenvalue weighted by atomic mass is 9.97. The van der Waals surface area contributed by atoms with Crippen molar-refractivity contribution in [2.75, 3.05) is 0 Å². The summed E-state index contributed by atoms with van der Waals surface area (Å²) >= 11 is 0. The van der Waals surface area contributed by atoms with Gasteiger partial charge in [-0.2, -0.15) is 0 Å². The molecule has 78 valence electrons. The van der Waals surface area contributed by atoms with Gasteiger partial charge >= 0.3 is 0 Å². The first-order chi connectivity index (χ1) is 6.43. The SMILES string of the molecule is Cc1cc(F)c(C(O)C(C)C)cc1F. The molecule has 0 saturated heterocycles. The van der Waals surface area contributed by atoms with Crippen molar-refractivity contribution in [3.05, 3.63) is 34.9 Å². The Kier molecular flexibility index (Phi) is 3.21. The van der Waals surface area contributed by atoms with Crippen molar-refractivity contribution < 1.29 is 13.9 Å². The van der Waals surface area contributed by atoms with Gasteiger partial charge in [-0.3, -0.25) is 0 Å². The molecular weight excluding hydrogens is 186 g/mol. The molecule has 0 aliphatic heterocycles. The Bertz CT molecular complexity index is 334. The number of aliphatic hydroxyl groups excluding tert-OH is 1. The fourth-order valence-corrected chi connectivity index (χ4v) is 1.25. The van der Waals surface area contributed by atoms with Gasteiger partial charge in [-0.15, -0.1) is 0 Å². The van der Waals surface area contributed by atoms with Crippen LogP contribution in [0, 0.1) is 24.5 Å². The normalized spacial score (nSPS) is 13.4. The summed E-state index contributed by atoms with van der Waals surface area (Å²) in [5, 5.41) is 9.59. The maximum absolute atomic E-state index is 13.3. The molecule has 0 radical (unpaired) electrons. The Morgan fingerprint density at radius 2 is 1.71 bits per heavy atom. The van der Waals surface area contributed by atoms with Crippen LogP contribution in [0.4, 0.5) is 8.78 Å². The quantitative estimate of drug-likeness (QED) is 0.778. The van der Waals surface area contributed by atoms with Crippen LogP contribution in [0.1, 0.15) is 31.1 Å². The molecule has 0 aromatic heterocycles. The predicted molar refractivity (Wildman–Crippen MR) is 50.9 cm³/mol. The zero-order valence-corrected chi connectivity index (χ0v) is 8.51. The Balaban J connectivity index is 3.15. The molecule has 0 heterocycles. The molecule has 0 fully saturated rings. The zero-order chi connectivity index (χ0) is 10.9. The van der Waals surface area contributed by atoms with Crippen LogP contribution in [-0.2, 0) is 0 Å². The molecule has 0 aliphatic carbocycles.